The molecule has 0 atom stereocenters. The van der Waals surface area contributed by atoms with Crippen LogP contribution >= 0.6 is 12.6 Å². The van der Waals surface area contributed by atoms with E-state index in [-0.39, 0.29) is 48.8 Å². The molecule has 0 unspecified atom stereocenters. The molecule has 0 spiro atoms. The molecule has 3 aromatic rings. The van der Waals surface area contributed by atoms with E-state index < -0.39 is 0 Å². The quantitative estimate of drug-likeness (QED) is 0.202. The number of aromatic nitrogens is 1. The predicted molar refractivity (Wildman–Crippen MR) is 119 cm³/mol. The van der Waals surface area contributed by atoms with Crippen molar-refractivity contribution in [3.8, 4) is 11.1 Å². The van der Waals surface area contributed by atoms with Crippen LogP contribution in [0.2, 0.25) is 0 Å². The monoisotopic (exact) mass is 538 g/mol. The molecule has 0 aliphatic carbocycles. The first-order valence-electron chi connectivity index (χ1n) is 9.12. The first kappa shape index (κ1) is 28.6. The third kappa shape index (κ3) is 10.5. The molecule has 3 rings (SSSR count). The Kier molecular flexibility index (Phi) is 15.2. The van der Waals surface area contributed by atoms with Gasteiger partial charge >= 0.3 is 0 Å². The summed E-state index contributed by atoms with van der Waals surface area (Å²) in [7, 11) is 0. The maximum atomic E-state index is 11.9. The number of rotatable bonds is 1. The van der Waals surface area contributed by atoms with E-state index >= 15 is 0 Å². The maximum Gasteiger partial charge on any atom is 0.215 e. The summed E-state index contributed by atoms with van der Waals surface area (Å²) >= 11 is 4.24. The minimum atomic E-state index is -0.0434. The molecule has 0 amide bonds. The fourth-order valence-corrected chi connectivity index (χ4v) is 2.18. The van der Waals surface area contributed by atoms with Gasteiger partial charge in [0.05, 0.1) is 0 Å². The van der Waals surface area contributed by atoms with Crippen LogP contribution in [0.25, 0.3) is 22.0 Å². The van der Waals surface area contributed by atoms with Crippen molar-refractivity contribution in [3.05, 3.63) is 58.9 Å². The molecule has 0 aliphatic rings. The molecule has 2 aromatic carbocycles. The van der Waals surface area contributed by atoms with Crippen LogP contribution in [0.15, 0.2) is 58.2 Å². The van der Waals surface area contributed by atoms with Crippen LogP contribution in [0.3, 0.4) is 0 Å². The van der Waals surface area contributed by atoms with E-state index in [4.69, 9.17) is 5.73 Å². The number of para-hydroxylation sites is 1. The van der Waals surface area contributed by atoms with E-state index in [1.807, 2.05) is 97.0 Å². The minimum Gasteiger partial charge on any atom is -0.360 e. The Balaban J connectivity index is 0. The normalized spacial score (nSPS) is 9.52. The maximum absolute atomic E-state index is 11.9. The average molecular weight is 539 g/mol. The van der Waals surface area contributed by atoms with Crippen LogP contribution in [-0.2, 0) is 0 Å². The summed E-state index contributed by atoms with van der Waals surface area (Å²) in [6.07, 6.45) is 0. The topological polar surface area (TPSA) is 58.9 Å². The number of nitrogens with one attached hydrogen (secondary N) is 1. The van der Waals surface area contributed by atoms with Crippen molar-refractivity contribution in [1.82, 2.24) is 4.98 Å². The molecule has 155 valence electrons. The molecule has 27 heavy (non-hydrogen) atoms. The molecular formula is C22H33HoN2OS-. The molecule has 5 heteroatoms. The predicted octanol–water partition coefficient (Wildman–Crippen LogP) is 6.00. The van der Waals surface area contributed by atoms with Crippen LogP contribution in [0.5, 0.6) is 0 Å². The van der Waals surface area contributed by atoms with E-state index in [9.17, 15) is 4.79 Å². The van der Waals surface area contributed by atoms with Crippen LogP contribution in [-0.4, -0.2) is 10.5 Å². The first-order chi connectivity index (χ1) is 12.3. The molecule has 1 radical (unpaired) electrons. The van der Waals surface area contributed by atoms with Crippen LogP contribution in [0.4, 0.5) is 0 Å². The Hall–Kier alpha value is -0.650. The van der Waals surface area contributed by atoms with Gasteiger partial charge in [0, 0.05) is 43.3 Å². The Morgan fingerprint density at radius 3 is 1.85 bits per heavy atom. The second-order valence-corrected chi connectivity index (χ2v) is 6.80. The smallest absolute Gasteiger partial charge is 0.215 e. The third-order valence-electron chi connectivity index (χ3n) is 2.83. The van der Waals surface area contributed by atoms with E-state index in [1.54, 1.807) is 0 Å². The van der Waals surface area contributed by atoms with Crippen molar-refractivity contribution in [1.29, 1.82) is 0 Å². The number of fused-ring (bicyclic) bond motifs is 1. The van der Waals surface area contributed by atoms with Gasteiger partial charge in [-0.15, -0.1) is 36.4 Å². The van der Waals surface area contributed by atoms with Crippen molar-refractivity contribution < 1.29 is 37.7 Å². The first-order valence-corrected chi connectivity index (χ1v) is 9.56. The van der Waals surface area contributed by atoms with E-state index in [2.05, 4.69) is 17.6 Å². The Morgan fingerprint density at radius 1 is 0.926 bits per heavy atom. The number of hydrogen-bond acceptors (Lipinski definition) is 3. The number of H-pyrrole nitrogens is 1. The third-order valence-corrected chi connectivity index (χ3v) is 3.13. The second-order valence-electron chi connectivity index (χ2n) is 6.29. The molecule has 1 aromatic heterocycles. The molecule has 0 fully saturated rings. The minimum absolute atomic E-state index is 0. The Morgan fingerprint density at radius 2 is 1.37 bits per heavy atom. The molecule has 0 saturated heterocycles. The second kappa shape index (κ2) is 14.4. The van der Waals surface area contributed by atoms with Crippen molar-refractivity contribution in [2.24, 2.45) is 5.73 Å². The molecule has 1 heterocycles. The van der Waals surface area contributed by atoms with Gasteiger partial charge in [-0.25, -0.2) is 0 Å². The average Bonchev–Trinajstić information content (AvgIpc) is 2.94. The summed E-state index contributed by atoms with van der Waals surface area (Å²) in [5.74, 6) is 0. The van der Waals surface area contributed by atoms with Crippen molar-refractivity contribution >= 4 is 23.5 Å². The van der Waals surface area contributed by atoms with Gasteiger partial charge in [-0.1, -0.05) is 63.4 Å². The van der Waals surface area contributed by atoms with Crippen LogP contribution < -0.4 is 11.3 Å². The summed E-state index contributed by atoms with van der Waals surface area (Å²) < 4.78 is 0. The summed E-state index contributed by atoms with van der Waals surface area (Å²) in [6, 6.07) is 15.3. The summed E-state index contributed by atoms with van der Waals surface area (Å²) in [4.78, 5) is 15.7. The number of benzene rings is 2. The zero-order valence-electron chi connectivity index (χ0n) is 17.4. The number of aromatic amines is 1. The number of nitrogens with two attached hydrogens (primary N) is 1. The summed E-state index contributed by atoms with van der Waals surface area (Å²) in [6.45, 7) is 13.9. The van der Waals surface area contributed by atoms with Crippen LogP contribution in [0.1, 0.15) is 48.5 Å². The van der Waals surface area contributed by atoms with Crippen LogP contribution in [0, 0.1) is 37.7 Å². The fraction of sp³-hybridized carbons (Fsp3) is 0.364. The van der Waals surface area contributed by atoms with Gasteiger partial charge in [0.1, 0.15) is 0 Å². The van der Waals surface area contributed by atoms with E-state index in [1.165, 1.54) is 0 Å². The fourth-order valence-electron chi connectivity index (χ4n) is 2.03. The Labute approximate surface area is 199 Å². The van der Waals surface area contributed by atoms with E-state index in [0.29, 0.717) is 0 Å². The molecular weight excluding hydrogens is 505 g/mol. The van der Waals surface area contributed by atoms with Gasteiger partial charge in [-0.05, 0) is 36.7 Å². The SMILES string of the molecule is CC.CC.CC(C)(C)N.O=c1[nH]c2ccccc2[c-]1-c1ccc(S)cc1.[Ho]. The van der Waals surface area contributed by atoms with Gasteiger partial charge < -0.3 is 10.7 Å². The van der Waals surface area contributed by atoms with E-state index in [0.717, 1.165) is 26.9 Å². The summed E-state index contributed by atoms with van der Waals surface area (Å²) in [5.41, 5.74) is 7.84. The number of hydrogen-bond donors (Lipinski definition) is 3. The van der Waals surface area contributed by atoms with Crippen molar-refractivity contribution in [2.75, 3.05) is 0 Å². The number of thiol groups is 1. The summed E-state index contributed by atoms with van der Waals surface area (Å²) in [5, 5.41) is 0.962. The zero-order valence-corrected chi connectivity index (χ0v) is 20.2. The van der Waals surface area contributed by atoms with Crippen molar-refractivity contribution in [3.63, 3.8) is 0 Å². The molecule has 0 bridgehead atoms. The molecule has 3 N–H and O–H groups in total. The standard InChI is InChI=1S/C14H10NOS.C4H11N.2C2H6.Ho/c16-14-13(9-5-7-10(17)8-6-9)11-3-1-2-4-12(11)15-14;1-4(2,3)5;2*1-2;/h1-8,17H,(H,15,16);5H2,1-3H3;2*1-2H3;/q-1;;;;. The van der Waals surface area contributed by atoms with Gasteiger partial charge in [0.2, 0.25) is 5.56 Å². The molecule has 0 saturated carbocycles. The van der Waals surface area contributed by atoms with Gasteiger partial charge in [0.25, 0.3) is 0 Å². The van der Waals surface area contributed by atoms with Gasteiger partial charge in [-0.2, -0.15) is 0 Å². The molecule has 3 nitrogen and oxygen atoms in total. The Bertz CT molecular complexity index is 809. The van der Waals surface area contributed by atoms with Gasteiger partial charge in [-0.3, -0.25) is 4.79 Å². The largest absolute Gasteiger partial charge is 0.360 e. The molecule has 0 aliphatic heterocycles. The van der Waals surface area contributed by atoms with Gasteiger partial charge in [0.15, 0.2) is 0 Å². The zero-order chi connectivity index (χ0) is 20.3. The van der Waals surface area contributed by atoms with Crippen molar-refractivity contribution in [2.45, 2.75) is 58.9 Å².